The molecule has 0 aliphatic heterocycles. The molecule has 0 saturated carbocycles. The number of benzene rings is 11. The summed E-state index contributed by atoms with van der Waals surface area (Å²) in [7, 11) is -2.89. The van der Waals surface area contributed by atoms with Gasteiger partial charge in [0, 0.05) is 33.0 Å². The minimum absolute atomic E-state index is 0.599. The highest BCUT2D eigenvalue weighted by Gasteiger charge is 2.41. The number of nitrogens with zero attached hydrogens (tertiary/aromatic N) is 4. The summed E-state index contributed by atoms with van der Waals surface area (Å²) >= 11 is 0. The molecule has 0 N–H and O–H groups in total. The van der Waals surface area contributed by atoms with Crippen molar-refractivity contribution in [3.8, 4) is 73.2 Å². The first-order valence-corrected chi connectivity index (χ1v) is 27.2. The van der Waals surface area contributed by atoms with Crippen molar-refractivity contribution in [2.45, 2.75) is 0 Å². The van der Waals surface area contributed by atoms with Crippen LogP contribution in [0.3, 0.4) is 0 Å². The van der Waals surface area contributed by atoms with Gasteiger partial charge in [-0.1, -0.05) is 261 Å². The third-order valence-corrected chi connectivity index (χ3v) is 19.2. The molecule has 0 radical (unpaired) electrons. The third kappa shape index (κ3) is 8.02. The second-order valence-corrected chi connectivity index (χ2v) is 22.5. The number of rotatable bonds is 11. The molecule has 348 valence electrons. The van der Waals surface area contributed by atoms with E-state index in [0.29, 0.717) is 17.5 Å². The van der Waals surface area contributed by atoms with Gasteiger partial charge in [0.25, 0.3) is 0 Å². The fourth-order valence-electron chi connectivity index (χ4n) is 10.9. The van der Waals surface area contributed by atoms with Gasteiger partial charge < -0.3 is 4.57 Å². The number of aromatic nitrogens is 4. The van der Waals surface area contributed by atoms with E-state index in [1.165, 1.54) is 53.8 Å². The Labute approximate surface area is 432 Å². The van der Waals surface area contributed by atoms with E-state index in [4.69, 9.17) is 15.0 Å². The molecule has 0 spiro atoms. The highest BCUT2D eigenvalue weighted by molar-refractivity contribution is 7.19. The Morgan fingerprint density at radius 1 is 0.243 bits per heavy atom. The lowest BCUT2D eigenvalue weighted by Crippen LogP contribution is -2.74. The lowest BCUT2D eigenvalue weighted by molar-refractivity contribution is 1.07. The first-order chi connectivity index (χ1) is 36.7. The van der Waals surface area contributed by atoms with Crippen LogP contribution in [-0.4, -0.2) is 27.6 Å². The molecule has 2 heterocycles. The van der Waals surface area contributed by atoms with Crippen LogP contribution >= 0.6 is 0 Å². The van der Waals surface area contributed by atoms with E-state index in [0.717, 1.165) is 44.5 Å². The molecule has 74 heavy (non-hydrogen) atoms. The largest absolute Gasteiger partial charge is 0.309 e. The quantitative estimate of drug-likeness (QED) is 0.0958. The zero-order valence-corrected chi connectivity index (χ0v) is 41.5. The van der Waals surface area contributed by atoms with Crippen molar-refractivity contribution in [1.29, 1.82) is 0 Å². The molecule has 13 aromatic rings. The maximum atomic E-state index is 5.26. The molecule has 0 amide bonds. The molecule has 13 rings (SSSR count). The second kappa shape index (κ2) is 19.2. The topological polar surface area (TPSA) is 43.6 Å². The number of hydrogen-bond donors (Lipinski definition) is 0. The average Bonchev–Trinajstić information content (AvgIpc) is 3.82. The molecule has 5 heteroatoms. The first-order valence-electron chi connectivity index (χ1n) is 25.2. The fourth-order valence-corrected chi connectivity index (χ4v) is 15.7. The van der Waals surface area contributed by atoms with Crippen LogP contribution in [0.2, 0.25) is 0 Å². The van der Waals surface area contributed by atoms with Crippen molar-refractivity contribution in [2.75, 3.05) is 0 Å². The van der Waals surface area contributed by atoms with Crippen molar-refractivity contribution in [2.24, 2.45) is 0 Å². The Balaban J connectivity index is 1.10. The maximum Gasteiger partial charge on any atom is 0.179 e. The summed E-state index contributed by atoms with van der Waals surface area (Å²) in [6.45, 7) is 0. The minimum atomic E-state index is -2.89. The zero-order chi connectivity index (χ0) is 49.3. The Kier molecular flexibility index (Phi) is 11.5. The van der Waals surface area contributed by atoms with Gasteiger partial charge in [-0.25, -0.2) is 15.0 Å². The molecule has 0 atom stereocenters. The molecule has 0 aliphatic rings. The summed E-state index contributed by atoms with van der Waals surface area (Å²) in [5.41, 5.74) is 12.9. The van der Waals surface area contributed by atoms with Crippen molar-refractivity contribution in [1.82, 2.24) is 19.5 Å². The summed E-state index contributed by atoms with van der Waals surface area (Å²) in [5.74, 6) is 1.84. The van der Waals surface area contributed by atoms with Crippen LogP contribution in [0.5, 0.6) is 0 Å². The first kappa shape index (κ1) is 44.4. The van der Waals surface area contributed by atoms with E-state index in [-0.39, 0.29) is 0 Å². The molecule has 11 aromatic carbocycles. The van der Waals surface area contributed by atoms with Gasteiger partial charge in [-0.2, -0.15) is 0 Å². The summed E-state index contributed by atoms with van der Waals surface area (Å²) in [5, 5.41) is 7.63. The normalized spacial score (nSPS) is 11.5. The molecular formula is C69H48N4Si. The van der Waals surface area contributed by atoms with E-state index in [9.17, 15) is 0 Å². The molecule has 4 nitrogen and oxygen atoms in total. The smallest absolute Gasteiger partial charge is 0.179 e. The zero-order valence-electron chi connectivity index (χ0n) is 40.5. The standard InChI is InChI=1S/C69H48N4Si/c1-8-23-49(24-9-1)53-40-43-64-62(46-53)63-47-54(50-25-10-2-11-26-50)41-44-65(63)73(64)66-48-56(69-71-67(51-27-12-3-13-28-51)70-68(72-69)52-29-14-4-15-30-52)39-42-61(66)55-31-22-38-60(45-55)74(57-32-16-5-17-33-57,58-34-18-6-19-35-58)59-36-20-7-21-37-59/h1-48H. The highest BCUT2D eigenvalue weighted by Crippen LogP contribution is 2.41. The van der Waals surface area contributed by atoms with E-state index < -0.39 is 8.07 Å². The lowest BCUT2D eigenvalue weighted by Gasteiger charge is -2.34. The van der Waals surface area contributed by atoms with Gasteiger partial charge >= 0.3 is 0 Å². The van der Waals surface area contributed by atoms with Gasteiger partial charge in [0.1, 0.15) is 0 Å². The fraction of sp³-hybridized carbons (Fsp3) is 0. The Hall–Kier alpha value is -9.55. The third-order valence-electron chi connectivity index (χ3n) is 14.4. The van der Waals surface area contributed by atoms with Gasteiger partial charge in [-0.05, 0) is 78.9 Å². The van der Waals surface area contributed by atoms with Gasteiger partial charge in [0.05, 0.1) is 16.7 Å². The molecular weight excluding hydrogens is 913 g/mol. The SMILES string of the molecule is c1ccc(-c2ccc3c(c2)c2cc(-c4ccccc4)ccc2n3-c2cc(-c3nc(-c4ccccc4)nc(-c4ccccc4)n3)ccc2-c2cccc([Si](c3ccccc3)(c3ccccc3)c3ccccc3)c2)cc1. The van der Waals surface area contributed by atoms with E-state index in [1.807, 2.05) is 36.4 Å². The molecule has 0 unspecified atom stereocenters. The predicted molar refractivity (Wildman–Crippen MR) is 310 cm³/mol. The Bertz CT molecular complexity index is 3840. The molecule has 0 aliphatic carbocycles. The van der Waals surface area contributed by atoms with Gasteiger partial charge in [-0.15, -0.1) is 0 Å². The Morgan fingerprint density at radius 3 is 1.03 bits per heavy atom. The molecule has 0 fully saturated rings. The summed E-state index contributed by atoms with van der Waals surface area (Å²) in [4.78, 5) is 15.6. The second-order valence-electron chi connectivity index (χ2n) is 18.7. The van der Waals surface area contributed by atoms with Crippen molar-refractivity contribution < 1.29 is 0 Å². The predicted octanol–water partition coefficient (Wildman–Crippen LogP) is 14.3. The summed E-state index contributed by atoms with van der Waals surface area (Å²) in [6, 6.07) is 105. The van der Waals surface area contributed by atoms with Crippen molar-refractivity contribution in [3.05, 3.63) is 291 Å². The van der Waals surface area contributed by atoms with Gasteiger partial charge in [0.15, 0.2) is 25.5 Å². The molecule has 0 bridgehead atoms. The summed E-state index contributed by atoms with van der Waals surface area (Å²) in [6.07, 6.45) is 0. The van der Waals surface area contributed by atoms with Crippen LogP contribution in [0.1, 0.15) is 0 Å². The van der Waals surface area contributed by atoms with E-state index in [1.54, 1.807) is 0 Å². The molecule has 2 aromatic heterocycles. The van der Waals surface area contributed by atoms with E-state index in [2.05, 4.69) is 259 Å². The minimum Gasteiger partial charge on any atom is -0.309 e. The van der Waals surface area contributed by atoms with Gasteiger partial charge in [-0.3, -0.25) is 0 Å². The average molecular weight is 961 g/mol. The lowest BCUT2D eigenvalue weighted by atomic mass is 10.00. The van der Waals surface area contributed by atoms with Crippen LogP contribution in [-0.2, 0) is 0 Å². The van der Waals surface area contributed by atoms with Crippen LogP contribution in [0, 0.1) is 0 Å². The van der Waals surface area contributed by atoms with Gasteiger partial charge in [0.2, 0.25) is 0 Å². The van der Waals surface area contributed by atoms with Crippen LogP contribution in [0.4, 0.5) is 0 Å². The van der Waals surface area contributed by atoms with Crippen LogP contribution < -0.4 is 20.7 Å². The molecule has 0 saturated heterocycles. The number of fused-ring (bicyclic) bond motifs is 3. The monoisotopic (exact) mass is 960 g/mol. The van der Waals surface area contributed by atoms with E-state index >= 15 is 0 Å². The van der Waals surface area contributed by atoms with Crippen LogP contribution in [0.25, 0.3) is 95.0 Å². The summed E-state index contributed by atoms with van der Waals surface area (Å²) < 4.78 is 2.47. The Morgan fingerprint density at radius 2 is 0.595 bits per heavy atom. The number of hydrogen-bond acceptors (Lipinski definition) is 3. The highest BCUT2D eigenvalue weighted by atomic mass is 28.3. The van der Waals surface area contributed by atoms with Crippen molar-refractivity contribution in [3.63, 3.8) is 0 Å². The van der Waals surface area contributed by atoms with Crippen LogP contribution in [0.15, 0.2) is 291 Å². The maximum absolute atomic E-state index is 5.26. The van der Waals surface area contributed by atoms with Crippen molar-refractivity contribution >= 4 is 50.6 Å².